The highest BCUT2D eigenvalue weighted by Gasteiger charge is 2.14. The van der Waals surface area contributed by atoms with Crippen LogP contribution in [-0.2, 0) is 0 Å². The Kier molecular flexibility index (Phi) is 5.51. The predicted molar refractivity (Wildman–Crippen MR) is 68.6 cm³/mol. The van der Waals surface area contributed by atoms with E-state index in [0.717, 1.165) is 12.8 Å². The normalized spacial score (nSPS) is 11.8. The Morgan fingerprint density at radius 1 is 1.50 bits per heavy atom. The number of nitrogens with one attached hydrogen (secondary N) is 1. The summed E-state index contributed by atoms with van der Waals surface area (Å²) < 4.78 is 14.3. The molecule has 1 atom stereocenters. The standard InChI is InChI=1S/C13H15BrFN/c1-3-4-5-9-12(16-2)10-7-6-8-11(14)13(10)15/h6-8,12,16H,5,9H2,1-2H3. The van der Waals surface area contributed by atoms with E-state index in [1.54, 1.807) is 12.1 Å². The summed E-state index contributed by atoms with van der Waals surface area (Å²) in [4.78, 5) is 0. The molecule has 0 radical (unpaired) electrons. The van der Waals surface area contributed by atoms with Gasteiger partial charge in [0.2, 0.25) is 0 Å². The van der Waals surface area contributed by atoms with Crippen LogP contribution in [-0.4, -0.2) is 7.05 Å². The summed E-state index contributed by atoms with van der Waals surface area (Å²) in [7, 11) is 1.84. The van der Waals surface area contributed by atoms with Crippen LogP contribution in [0, 0.1) is 17.7 Å². The second-order valence-electron chi connectivity index (χ2n) is 3.45. The number of hydrogen-bond donors (Lipinski definition) is 1. The minimum Gasteiger partial charge on any atom is -0.313 e. The van der Waals surface area contributed by atoms with Crippen molar-refractivity contribution in [2.75, 3.05) is 7.05 Å². The third-order valence-electron chi connectivity index (χ3n) is 2.44. The fourth-order valence-corrected chi connectivity index (χ4v) is 1.97. The number of halogens is 2. The zero-order valence-electron chi connectivity index (χ0n) is 9.48. The van der Waals surface area contributed by atoms with Crippen LogP contribution in [0.5, 0.6) is 0 Å². The van der Waals surface area contributed by atoms with Gasteiger partial charge >= 0.3 is 0 Å². The first-order valence-corrected chi connectivity index (χ1v) is 6.00. The zero-order chi connectivity index (χ0) is 12.0. The van der Waals surface area contributed by atoms with Gasteiger partial charge in [0.05, 0.1) is 4.47 Å². The molecule has 0 amide bonds. The first-order chi connectivity index (χ1) is 7.70. The van der Waals surface area contributed by atoms with Crippen LogP contribution < -0.4 is 5.32 Å². The Morgan fingerprint density at radius 3 is 2.88 bits per heavy atom. The Balaban J connectivity index is 2.85. The molecule has 3 heteroatoms. The van der Waals surface area contributed by atoms with Crippen molar-refractivity contribution >= 4 is 15.9 Å². The third kappa shape index (κ3) is 3.33. The summed E-state index contributed by atoms with van der Waals surface area (Å²) in [5.74, 6) is 5.65. The number of benzene rings is 1. The molecule has 0 aliphatic rings. The van der Waals surface area contributed by atoms with Crippen LogP contribution in [0.15, 0.2) is 22.7 Å². The van der Waals surface area contributed by atoms with Gasteiger partial charge in [-0.05, 0) is 42.4 Å². The average molecular weight is 284 g/mol. The van der Waals surface area contributed by atoms with E-state index in [4.69, 9.17) is 0 Å². The van der Waals surface area contributed by atoms with Gasteiger partial charge in [-0.15, -0.1) is 11.8 Å². The van der Waals surface area contributed by atoms with E-state index in [0.29, 0.717) is 10.0 Å². The number of rotatable bonds is 4. The van der Waals surface area contributed by atoms with Crippen molar-refractivity contribution in [3.63, 3.8) is 0 Å². The maximum Gasteiger partial charge on any atom is 0.142 e. The van der Waals surface area contributed by atoms with Gasteiger partial charge < -0.3 is 5.32 Å². The molecule has 1 aromatic rings. The van der Waals surface area contributed by atoms with Crippen LogP contribution in [0.1, 0.15) is 31.4 Å². The molecule has 0 bridgehead atoms. The fraction of sp³-hybridized carbons (Fsp3) is 0.385. The molecule has 86 valence electrons. The Labute approximate surface area is 105 Å². The van der Waals surface area contributed by atoms with Gasteiger partial charge in [0.15, 0.2) is 0 Å². The van der Waals surface area contributed by atoms with Crippen LogP contribution >= 0.6 is 15.9 Å². The highest BCUT2D eigenvalue weighted by molar-refractivity contribution is 9.10. The molecule has 16 heavy (non-hydrogen) atoms. The monoisotopic (exact) mass is 283 g/mol. The summed E-state index contributed by atoms with van der Waals surface area (Å²) in [5, 5.41) is 3.12. The second kappa shape index (κ2) is 6.67. The smallest absolute Gasteiger partial charge is 0.142 e. The van der Waals surface area contributed by atoms with Crippen molar-refractivity contribution in [2.24, 2.45) is 0 Å². The molecule has 0 aliphatic carbocycles. The molecular formula is C13H15BrFN. The molecule has 1 nitrogen and oxygen atoms in total. The fourth-order valence-electron chi connectivity index (χ4n) is 1.59. The summed E-state index contributed by atoms with van der Waals surface area (Å²) >= 11 is 3.19. The van der Waals surface area contributed by atoms with Crippen LogP contribution in [0.25, 0.3) is 0 Å². The van der Waals surface area contributed by atoms with Crippen molar-refractivity contribution in [3.05, 3.63) is 34.1 Å². The van der Waals surface area contributed by atoms with Crippen LogP contribution in [0.4, 0.5) is 4.39 Å². The van der Waals surface area contributed by atoms with E-state index in [-0.39, 0.29) is 11.9 Å². The van der Waals surface area contributed by atoms with Gasteiger partial charge in [-0.1, -0.05) is 12.1 Å². The Bertz CT molecular complexity index is 406. The molecule has 1 aromatic carbocycles. The van der Waals surface area contributed by atoms with E-state index in [9.17, 15) is 4.39 Å². The van der Waals surface area contributed by atoms with Gasteiger partial charge in [-0.2, -0.15) is 0 Å². The highest BCUT2D eigenvalue weighted by atomic mass is 79.9. The summed E-state index contributed by atoms with van der Waals surface area (Å²) in [6.45, 7) is 1.81. The van der Waals surface area contributed by atoms with Crippen molar-refractivity contribution < 1.29 is 4.39 Å². The SMILES string of the molecule is CC#CCCC(NC)c1cccc(Br)c1F. The summed E-state index contributed by atoms with van der Waals surface area (Å²) in [6.07, 6.45) is 1.58. The minimum atomic E-state index is -0.189. The van der Waals surface area contributed by atoms with Crippen molar-refractivity contribution in [1.29, 1.82) is 0 Å². The maximum absolute atomic E-state index is 13.8. The van der Waals surface area contributed by atoms with Crippen molar-refractivity contribution in [1.82, 2.24) is 5.32 Å². The topological polar surface area (TPSA) is 12.0 Å². The maximum atomic E-state index is 13.8. The Morgan fingerprint density at radius 2 is 2.25 bits per heavy atom. The van der Waals surface area contributed by atoms with E-state index in [1.165, 1.54) is 0 Å². The van der Waals surface area contributed by atoms with Crippen LogP contribution in [0.3, 0.4) is 0 Å². The molecule has 0 spiro atoms. The minimum absolute atomic E-state index is 0.0124. The lowest BCUT2D eigenvalue weighted by Gasteiger charge is -2.16. The lowest BCUT2D eigenvalue weighted by atomic mass is 10.0. The molecule has 0 saturated carbocycles. The van der Waals surface area contributed by atoms with Gasteiger partial charge in [0.1, 0.15) is 5.82 Å². The molecule has 0 aromatic heterocycles. The molecular weight excluding hydrogens is 269 g/mol. The van der Waals surface area contributed by atoms with Gasteiger partial charge in [-0.25, -0.2) is 4.39 Å². The summed E-state index contributed by atoms with van der Waals surface area (Å²) in [5.41, 5.74) is 0.690. The quantitative estimate of drug-likeness (QED) is 0.832. The highest BCUT2D eigenvalue weighted by Crippen LogP contribution is 2.26. The van der Waals surface area contributed by atoms with Gasteiger partial charge in [0.25, 0.3) is 0 Å². The second-order valence-corrected chi connectivity index (χ2v) is 4.30. The lowest BCUT2D eigenvalue weighted by molar-refractivity contribution is 0.512. The van der Waals surface area contributed by atoms with Gasteiger partial charge in [-0.3, -0.25) is 0 Å². The van der Waals surface area contributed by atoms with E-state index < -0.39 is 0 Å². The van der Waals surface area contributed by atoms with Crippen molar-refractivity contribution in [3.8, 4) is 11.8 Å². The van der Waals surface area contributed by atoms with E-state index in [1.807, 2.05) is 20.0 Å². The van der Waals surface area contributed by atoms with E-state index in [2.05, 4.69) is 33.1 Å². The average Bonchev–Trinajstić information content (AvgIpc) is 2.29. The largest absolute Gasteiger partial charge is 0.313 e. The van der Waals surface area contributed by atoms with Crippen molar-refractivity contribution in [2.45, 2.75) is 25.8 Å². The first-order valence-electron chi connectivity index (χ1n) is 5.21. The lowest BCUT2D eigenvalue weighted by Crippen LogP contribution is -2.17. The Hall–Kier alpha value is -0.850. The van der Waals surface area contributed by atoms with Crippen LogP contribution in [0.2, 0.25) is 0 Å². The predicted octanol–water partition coefficient (Wildman–Crippen LogP) is 3.65. The molecule has 0 aliphatic heterocycles. The first kappa shape index (κ1) is 13.2. The van der Waals surface area contributed by atoms with Gasteiger partial charge in [0, 0.05) is 18.0 Å². The zero-order valence-corrected chi connectivity index (χ0v) is 11.1. The molecule has 0 saturated heterocycles. The third-order valence-corrected chi connectivity index (χ3v) is 3.05. The summed E-state index contributed by atoms with van der Waals surface area (Å²) in [6, 6.07) is 5.37. The number of hydrogen-bond acceptors (Lipinski definition) is 1. The molecule has 0 fully saturated rings. The molecule has 0 heterocycles. The molecule has 1 N–H and O–H groups in total. The van der Waals surface area contributed by atoms with E-state index >= 15 is 0 Å². The molecule has 1 unspecified atom stereocenters. The molecule has 1 rings (SSSR count).